The Bertz CT molecular complexity index is 439. The summed E-state index contributed by atoms with van der Waals surface area (Å²) in [6, 6.07) is 7.45. The second-order valence-electron chi connectivity index (χ2n) is 6.62. The molecule has 2 rings (SSSR count). The fourth-order valence-corrected chi connectivity index (χ4v) is 2.83. The Morgan fingerprint density at radius 2 is 1.90 bits per heavy atom. The van der Waals surface area contributed by atoms with Gasteiger partial charge in [-0.3, -0.25) is 0 Å². The van der Waals surface area contributed by atoms with Gasteiger partial charge in [-0.2, -0.15) is 0 Å². The van der Waals surface area contributed by atoms with Crippen LogP contribution in [-0.4, -0.2) is 19.3 Å². The second kappa shape index (κ2) is 6.73. The first-order valence-electron chi connectivity index (χ1n) is 7.92. The number of hydrogen-bond donors (Lipinski definition) is 1. The molecule has 1 atom stereocenters. The first-order valence-corrected chi connectivity index (χ1v) is 7.92. The van der Waals surface area contributed by atoms with Gasteiger partial charge in [0.2, 0.25) is 0 Å². The molecule has 0 aliphatic heterocycles. The largest absolute Gasteiger partial charge is 0.379 e. The molecule has 0 aromatic heterocycles. The van der Waals surface area contributed by atoms with Gasteiger partial charge in [-0.15, -0.1) is 0 Å². The van der Waals surface area contributed by atoms with Crippen molar-refractivity contribution in [2.24, 2.45) is 0 Å². The highest BCUT2D eigenvalue weighted by Crippen LogP contribution is 2.25. The summed E-state index contributed by atoms with van der Waals surface area (Å²) in [7, 11) is 1.78. The van der Waals surface area contributed by atoms with Crippen LogP contribution >= 0.6 is 0 Å². The summed E-state index contributed by atoms with van der Waals surface area (Å²) >= 11 is 0. The van der Waals surface area contributed by atoms with Crippen molar-refractivity contribution in [1.29, 1.82) is 0 Å². The summed E-state index contributed by atoms with van der Waals surface area (Å²) in [4.78, 5) is 0. The summed E-state index contributed by atoms with van der Waals surface area (Å²) in [5.74, 6) is 0. The minimum absolute atomic E-state index is 0.0391. The Hall–Kier alpha value is -0.860. The van der Waals surface area contributed by atoms with Crippen molar-refractivity contribution in [3.63, 3.8) is 0 Å². The number of nitrogens with one attached hydrogen (secondary N) is 1. The van der Waals surface area contributed by atoms with Crippen molar-refractivity contribution in [2.45, 2.75) is 64.5 Å². The molecule has 112 valence electrons. The van der Waals surface area contributed by atoms with Crippen LogP contribution in [0.25, 0.3) is 0 Å². The molecule has 0 radical (unpaired) electrons. The Morgan fingerprint density at radius 3 is 2.60 bits per heavy atom. The maximum Gasteiger partial charge on any atom is 0.0634 e. The topological polar surface area (TPSA) is 21.3 Å². The number of benzene rings is 1. The fourth-order valence-electron chi connectivity index (χ4n) is 2.83. The van der Waals surface area contributed by atoms with Crippen molar-refractivity contribution in [1.82, 2.24) is 5.32 Å². The van der Waals surface area contributed by atoms with Crippen LogP contribution in [0.4, 0.5) is 0 Å². The van der Waals surface area contributed by atoms with Gasteiger partial charge in [0.25, 0.3) is 0 Å². The Kier molecular flexibility index (Phi) is 5.22. The average Bonchev–Trinajstić information content (AvgIpc) is 2.46. The van der Waals surface area contributed by atoms with Crippen molar-refractivity contribution in [3.8, 4) is 0 Å². The number of methoxy groups -OCH3 is 1. The molecule has 20 heavy (non-hydrogen) atoms. The van der Waals surface area contributed by atoms with Crippen LogP contribution in [-0.2, 0) is 17.6 Å². The van der Waals surface area contributed by atoms with Gasteiger partial charge in [0.15, 0.2) is 0 Å². The molecule has 1 aliphatic rings. The number of ether oxygens (including phenoxy) is 1. The maximum absolute atomic E-state index is 5.46. The van der Waals surface area contributed by atoms with Crippen molar-refractivity contribution < 1.29 is 4.74 Å². The van der Waals surface area contributed by atoms with Gasteiger partial charge in [0, 0.05) is 13.2 Å². The van der Waals surface area contributed by atoms with Gasteiger partial charge in [-0.25, -0.2) is 0 Å². The molecule has 1 aliphatic carbocycles. The van der Waals surface area contributed by atoms with Crippen LogP contribution in [0, 0.1) is 0 Å². The fraction of sp³-hybridized carbons (Fsp3) is 0.667. The van der Waals surface area contributed by atoms with Crippen LogP contribution < -0.4 is 5.32 Å². The van der Waals surface area contributed by atoms with Gasteiger partial charge in [-0.05, 0) is 76.1 Å². The highest BCUT2D eigenvalue weighted by Gasteiger charge is 2.17. The molecule has 0 amide bonds. The predicted molar refractivity (Wildman–Crippen MR) is 85.2 cm³/mol. The minimum atomic E-state index is -0.0391. The summed E-state index contributed by atoms with van der Waals surface area (Å²) in [6.07, 6.45) is 6.25. The molecular weight excluding hydrogens is 246 g/mol. The van der Waals surface area contributed by atoms with Crippen LogP contribution in [0.3, 0.4) is 0 Å². The van der Waals surface area contributed by atoms with Crippen LogP contribution in [0.15, 0.2) is 18.2 Å². The normalized spacial score (nSPS) is 16.8. The summed E-state index contributed by atoms with van der Waals surface area (Å²) in [6.45, 7) is 7.51. The van der Waals surface area contributed by atoms with Gasteiger partial charge in [0.1, 0.15) is 0 Å². The molecule has 0 spiro atoms. The number of rotatable bonds is 6. The van der Waals surface area contributed by atoms with E-state index in [9.17, 15) is 0 Å². The third-order valence-corrected chi connectivity index (χ3v) is 4.60. The quantitative estimate of drug-likeness (QED) is 0.846. The monoisotopic (exact) mass is 275 g/mol. The molecule has 0 bridgehead atoms. The summed E-state index contributed by atoms with van der Waals surface area (Å²) in [5, 5.41) is 3.62. The van der Waals surface area contributed by atoms with E-state index in [1.807, 2.05) is 0 Å². The molecule has 0 saturated heterocycles. The minimum Gasteiger partial charge on any atom is -0.379 e. The molecule has 1 aromatic carbocycles. The highest BCUT2D eigenvalue weighted by atomic mass is 16.5. The Balaban J connectivity index is 1.91. The second-order valence-corrected chi connectivity index (χ2v) is 6.62. The van der Waals surface area contributed by atoms with Crippen molar-refractivity contribution in [3.05, 3.63) is 34.9 Å². The molecule has 1 N–H and O–H groups in total. The first kappa shape index (κ1) is 15.5. The Labute approximate surface area is 123 Å². The smallest absolute Gasteiger partial charge is 0.0634 e. The standard InChI is InChI=1S/C18H29NO/c1-14(19-12-11-18(2,3)20-4)16-10-9-15-7-5-6-8-17(15)13-16/h9-10,13-14,19H,5-8,11-12H2,1-4H3. The zero-order valence-corrected chi connectivity index (χ0v) is 13.5. The molecule has 1 unspecified atom stereocenters. The van der Waals surface area contributed by atoms with Gasteiger partial charge in [0.05, 0.1) is 5.60 Å². The van der Waals surface area contributed by atoms with E-state index in [2.05, 4.69) is 44.3 Å². The van der Waals surface area contributed by atoms with Crippen LogP contribution in [0.2, 0.25) is 0 Å². The van der Waals surface area contributed by atoms with Gasteiger partial charge in [-0.1, -0.05) is 18.2 Å². The van der Waals surface area contributed by atoms with E-state index in [0.717, 1.165) is 13.0 Å². The SMILES string of the molecule is COC(C)(C)CCNC(C)c1ccc2c(c1)CCCC2. The molecule has 0 fully saturated rings. The lowest BCUT2D eigenvalue weighted by molar-refractivity contribution is 0.0154. The lowest BCUT2D eigenvalue weighted by atomic mass is 9.89. The predicted octanol–water partition coefficient (Wildman–Crippen LogP) is 4.03. The molecule has 2 nitrogen and oxygen atoms in total. The third-order valence-electron chi connectivity index (χ3n) is 4.60. The number of fused-ring (bicyclic) bond motifs is 1. The maximum atomic E-state index is 5.46. The number of hydrogen-bond acceptors (Lipinski definition) is 2. The lowest BCUT2D eigenvalue weighted by Crippen LogP contribution is -2.30. The van der Waals surface area contributed by atoms with Gasteiger partial charge >= 0.3 is 0 Å². The van der Waals surface area contributed by atoms with Crippen LogP contribution in [0.1, 0.15) is 62.8 Å². The van der Waals surface area contributed by atoms with E-state index in [4.69, 9.17) is 4.74 Å². The van der Waals surface area contributed by atoms with Gasteiger partial charge < -0.3 is 10.1 Å². The molecule has 0 heterocycles. The summed E-state index contributed by atoms with van der Waals surface area (Å²) < 4.78 is 5.46. The van der Waals surface area contributed by atoms with Crippen LogP contribution in [0.5, 0.6) is 0 Å². The van der Waals surface area contributed by atoms with E-state index in [1.165, 1.54) is 31.2 Å². The molecule has 1 aromatic rings. The number of aryl methyl sites for hydroxylation is 2. The molecule has 0 saturated carbocycles. The lowest BCUT2D eigenvalue weighted by Gasteiger charge is -2.25. The van der Waals surface area contributed by atoms with E-state index in [0.29, 0.717) is 6.04 Å². The molecule has 2 heteroatoms. The first-order chi connectivity index (χ1) is 9.52. The average molecular weight is 275 g/mol. The van der Waals surface area contributed by atoms with E-state index < -0.39 is 0 Å². The van der Waals surface area contributed by atoms with E-state index in [1.54, 1.807) is 18.2 Å². The third kappa shape index (κ3) is 4.07. The zero-order chi connectivity index (χ0) is 14.6. The van der Waals surface area contributed by atoms with E-state index >= 15 is 0 Å². The highest BCUT2D eigenvalue weighted by molar-refractivity contribution is 5.35. The van der Waals surface area contributed by atoms with E-state index in [-0.39, 0.29) is 5.60 Å². The van der Waals surface area contributed by atoms with Crippen molar-refractivity contribution >= 4 is 0 Å². The Morgan fingerprint density at radius 1 is 1.20 bits per heavy atom. The zero-order valence-electron chi connectivity index (χ0n) is 13.5. The van der Waals surface area contributed by atoms with Crippen molar-refractivity contribution in [2.75, 3.05) is 13.7 Å². The summed E-state index contributed by atoms with van der Waals surface area (Å²) in [5.41, 5.74) is 4.51. The molecular formula is C18H29NO.